The predicted octanol–water partition coefficient (Wildman–Crippen LogP) is 3.67. The molecule has 0 amide bonds. The molecule has 0 saturated carbocycles. The second-order valence-electron chi connectivity index (χ2n) is 5.16. The average molecular weight is 279 g/mol. The molecule has 2 aromatic rings. The summed E-state index contributed by atoms with van der Waals surface area (Å²) in [5.74, 6) is 1.73. The lowest BCUT2D eigenvalue weighted by Gasteiger charge is -2.21. The molecule has 0 aliphatic heterocycles. The van der Waals surface area contributed by atoms with E-state index in [1.807, 2.05) is 30.0 Å². The highest BCUT2D eigenvalue weighted by Crippen LogP contribution is 2.28. The second kappa shape index (κ2) is 5.88. The van der Waals surface area contributed by atoms with Crippen molar-refractivity contribution in [3.63, 3.8) is 0 Å². The molecule has 1 aromatic heterocycles. The average Bonchev–Trinajstić information content (AvgIpc) is 2.81. The first-order valence-corrected chi connectivity index (χ1v) is 7.59. The van der Waals surface area contributed by atoms with E-state index in [0.29, 0.717) is 0 Å². The maximum atomic E-state index is 5.84. The zero-order valence-corrected chi connectivity index (χ0v) is 12.8. The van der Waals surface area contributed by atoms with Crippen LogP contribution in [0, 0.1) is 0 Å². The molecule has 0 aliphatic rings. The molecule has 104 valence electrons. The standard InChI is InChI=1S/C15H21NO2S/c1-15(2,19-4)10-16-9-12-8-11-6-5-7-13(17-3)14(11)18-12/h5-8,16H,9-10H2,1-4H3. The van der Waals surface area contributed by atoms with Crippen LogP contribution in [0.4, 0.5) is 0 Å². The number of hydrogen-bond acceptors (Lipinski definition) is 4. The number of ether oxygens (including phenoxy) is 1. The summed E-state index contributed by atoms with van der Waals surface area (Å²) in [5, 5.41) is 4.52. The van der Waals surface area contributed by atoms with Crippen LogP contribution in [0.1, 0.15) is 19.6 Å². The fourth-order valence-corrected chi connectivity index (χ4v) is 2.14. The lowest BCUT2D eigenvalue weighted by atomic mass is 10.2. The molecule has 0 atom stereocenters. The lowest BCUT2D eigenvalue weighted by Crippen LogP contribution is -2.31. The van der Waals surface area contributed by atoms with Gasteiger partial charge in [-0.2, -0.15) is 11.8 Å². The highest BCUT2D eigenvalue weighted by molar-refractivity contribution is 7.99. The van der Waals surface area contributed by atoms with Gasteiger partial charge >= 0.3 is 0 Å². The molecule has 0 aliphatic carbocycles. The van der Waals surface area contributed by atoms with Crippen LogP contribution in [0.25, 0.3) is 11.0 Å². The number of hydrogen-bond donors (Lipinski definition) is 1. The van der Waals surface area contributed by atoms with Gasteiger partial charge in [-0.25, -0.2) is 0 Å². The summed E-state index contributed by atoms with van der Waals surface area (Å²) in [6.07, 6.45) is 2.13. The Morgan fingerprint density at radius 1 is 1.37 bits per heavy atom. The first-order chi connectivity index (χ1) is 9.05. The van der Waals surface area contributed by atoms with Crippen molar-refractivity contribution in [2.75, 3.05) is 19.9 Å². The number of fused-ring (bicyclic) bond motifs is 1. The quantitative estimate of drug-likeness (QED) is 0.875. The Morgan fingerprint density at radius 2 is 2.16 bits per heavy atom. The molecule has 0 bridgehead atoms. The van der Waals surface area contributed by atoms with Gasteiger partial charge in [-0.1, -0.05) is 12.1 Å². The van der Waals surface area contributed by atoms with Crippen molar-refractivity contribution >= 4 is 22.7 Å². The Hall–Kier alpha value is -1.13. The summed E-state index contributed by atoms with van der Waals surface area (Å²) in [6.45, 7) is 6.14. The van der Waals surface area contributed by atoms with E-state index in [-0.39, 0.29) is 4.75 Å². The number of para-hydroxylation sites is 1. The van der Waals surface area contributed by atoms with Gasteiger partial charge in [0.1, 0.15) is 5.76 Å². The fraction of sp³-hybridized carbons (Fsp3) is 0.467. The summed E-state index contributed by atoms with van der Waals surface area (Å²) in [6, 6.07) is 8.00. The van der Waals surface area contributed by atoms with Crippen molar-refractivity contribution in [2.24, 2.45) is 0 Å². The van der Waals surface area contributed by atoms with E-state index in [1.54, 1.807) is 7.11 Å². The Bertz CT molecular complexity index is 548. The van der Waals surface area contributed by atoms with Gasteiger partial charge < -0.3 is 14.5 Å². The summed E-state index contributed by atoms with van der Waals surface area (Å²) in [5.41, 5.74) is 0.825. The van der Waals surface area contributed by atoms with Crippen LogP contribution in [0.5, 0.6) is 5.75 Å². The summed E-state index contributed by atoms with van der Waals surface area (Å²) in [7, 11) is 1.66. The van der Waals surface area contributed by atoms with Crippen molar-refractivity contribution in [1.29, 1.82) is 0 Å². The molecule has 19 heavy (non-hydrogen) atoms. The molecule has 1 N–H and O–H groups in total. The maximum Gasteiger partial charge on any atom is 0.176 e. The van der Waals surface area contributed by atoms with Crippen LogP contribution in [0.15, 0.2) is 28.7 Å². The zero-order chi connectivity index (χ0) is 13.9. The van der Waals surface area contributed by atoms with Crippen molar-refractivity contribution in [1.82, 2.24) is 5.32 Å². The minimum absolute atomic E-state index is 0.240. The molecule has 3 nitrogen and oxygen atoms in total. The molecule has 2 rings (SSSR count). The Labute approximate surface area is 118 Å². The van der Waals surface area contributed by atoms with E-state index in [2.05, 4.69) is 31.5 Å². The van der Waals surface area contributed by atoms with Crippen molar-refractivity contribution < 1.29 is 9.15 Å². The van der Waals surface area contributed by atoms with Gasteiger partial charge in [-0.05, 0) is 32.2 Å². The van der Waals surface area contributed by atoms with Gasteiger partial charge in [0.05, 0.1) is 13.7 Å². The van der Waals surface area contributed by atoms with Crippen LogP contribution in [0.2, 0.25) is 0 Å². The second-order valence-corrected chi connectivity index (χ2v) is 6.67. The zero-order valence-electron chi connectivity index (χ0n) is 11.9. The molecule has 0 saturated heterocycles. The number of methoxy groups -OCH3 is 1. The first-order valence-electron chi connectivity index (χ1n) is 6.37. The van der Waals surface area contributed by atoms with E-state index in [1.165, 1.54) is 0 Å². The molecule has 1 aromatic carbocycles. The number of benzene rings is 1. The van der Waals surface area contributed by atoms with Gasteiger partial charge in [-0.3, -0.25) is 0 Å². The third-order valence-corrected chi connectivity index (χ3v) is 4.43. The molecule has 0 unspecified atom stereocenters. The van der Waals surface area contributed by atoms with Crippen molar-refractivity contribution in [2.45, 2.75) is 25.1 Å². The van der Waals surface area contributed by atoms with Crippen LogP contribution < -0.4 is 10.1 Å². The highest BCUT2D eigenvalue weighted by atomic mass is 32.2. The van der Waals surface area contributed by atoms with Crippen LogP contribution >= 0.6 is 11.8 Å². The van der Waals surface area contributed by atoms with Gasteiger partial charge in [-0.15, -0.1) is 0 Å². The minimum atomic E-state index is 0.240. The third-order valence-electron chi connectivity index (χ3n) is 3.18. The Morgan fingerprint density at radius 3 is 2.84 bits per heavy atom. The molecule has 0 fully saturated rings. The van der Waals surface area contributed by atoms with E-state index < -0.39 is 0 Å². The number of thioether (sulfide) groups is 1. The Balaban J connectivity index is 2.06. The topological polar surface area (TPSA) is 34.4 Å². The normalized spacial score (nSPS) is 12.0. The van der Waals surface area contributed by atoms with Gasteiger partial charge in [0, 0.05) is 16.7 Å². The third kappa shape index (κ3) is 3.45. The monoisotopic (exact) mass is 279 g/mol. The predicted molar refractivity (Wildman–Crippen MR) is 82.1 cm³/mol. The first kappa shape index (κ1) is 14.3. The number of nitrogens with one attached hydrogen (secondary N) is 1. The summed E-state index contributed by atoms with van der Waals surface area (Å²) in [4.78, 5) is 0. The van der Waals surface area contributed by atoms with Gasteiger partial charge in [0.2, 0.25) is 0 Å². The van der Waals surface area contributed by atoms with Gasteiger partial charge in [0.25, 0.3) is 0 Å². The largest absolute Gasteiger partial charge is 0.493 e. The minimum Gasteiger partial charge on any atom is -0.493 e. The highest BCUT2D eigenvalue weighted by Gasteiger charge is 2.15. The lowest BCUT2D eigenvalue weighted by molar-refractivity contribution is 0.405. The van der Waals surface area contributed by atoms with Crippen LogP contribution in [-0.2, 0) is 6.54 Å². The molecule has 0 spiro atoms. The number of furan rings is 1. The smallest absolute Gasteiger partial charge is 0.176 e. The van der Waals surface area contributed by atoms with E-state index in [9.17, 15) is 0 Å². The van der Waals surface area contributed by atoms with E-state index >= 15 is 0 Å². The molecular formula is C15H21NO2S. The Kier molecular flexibility index (Phi) is 4.42. The van der Waals surface area contributed by atoms with Crippen LogP contribution in [-0.4, -0.2) is 24.7 Å². The maximum absolute atomic E-state index is 5.84. The molecule has 1 heterocycles. The van der Waals surface area contributed by atoms with Crippen LogP contribution in [0.3, 0.4) is 0 Å². The van der Waals surface area contributed by atoms with Crippen molar-refractivity contribution in [3.05, 3.63) is 30.0 Å². The molecule has 4 heteroatoms. The van der Waals surface area contributed by atoms with E-state index in [0.717, 1.165) is 35.6 Å². The SMILES string of the molecule is COc1cccc2cc(CNCC(C)(C)SC)oc12. The molecule has 0 radical (unpaired) electrons. The van der Waals surface area contributed by atoms with Gasteiger partial charge in [0.15, 0.2) is 11.3 Å². The summed E-state index contributed by atoms with van der Waals surface area (Å²) >= 11 is 1.86. The summed E-state index contributed by atoms with van der Waals surface area (Å²) < 4.78 is 11.4. The van der Waals surface area contributed by atoms with Crippen molar-refractivity contribution in [3.8, 4) is 5.75 Å². The number of rotatable bonds is 6. The molecular weight excluding hydrogens is 258 g/mol. The van der Waals surface area contributed by atoms with E-state index in [4.69, 9.17) is 9.15 Å². The fourth-order valence-electron chi connectivity index (χ4n) is 1.90.